The lowest BCUT2D eigenvalue weighted by Gasteiger charge is -2.24. The van der Waals surface area contributed by atoms with Crippen LogP contribution in [-0.2, 0) is 5.72 Å². The average Bonchev–Trinajstić information content (AvgIpc) is 2.27. The molecule has 1 rings (SSSR count). The third-order valence-electron chi connectivity index (χ3n) is 2.17. The van der Waals surface area contributed by atoms with E-state index in [1.165, 1.54) is 6.08 Å². The quantitative estimate of drug-likeness (QED) is 0.578. The molecule has 0 aromatic heterocycles. The van der Waals surface area contributed by atoms with Gasteiger partial charge in [-0.05, 0) is 0 Å². The van der Waals surface area contributed by atoms with Gasteiger partial charge in [-0.3, -0.25) is 5.73 Å². The van der Waals surface area contributed by atoms with Crippen molar-refractivity contribution in [2.75, 3.05) is 0 Å². The van der Waals surface area contributed by atoms with Crippen LogP contribution in [0.25, 0.3) is 0 Å². The lowest BCUT2D eigenvalue weighted by atomic mass is 9.95. The second-order valence-corrected chi connectivity index (χ2v) is 3.19. The fourth-order valence-corrected chi connectivity index (χ4v) is 1.34. The molecule has 15 heavy (non-hydrogen) atoms. The van der Waals surface area contributed by atoms with Gasteiger partial charge < -0.3 is 5.11 Å². The predicted octanol–water partition coefficient (Wildman–Crippen LogP) is 2.09. The zero-order chi connectivity index (χ0) is 11.3. The van der Waals surface area contributed by atoms with E-state index in [0.717, 1.165) is 0 Å². The zero-order valence-corrected chi connectivity index (χ0v) is 8.56. The Bertz CT molecular complexity index is 377. The monoisotopic (exact) mass is 201 g/mol. The molecule has 0 fully saturated rings. The number of hydrogen-bond acceptors (Lipinski definition) is 2. The van der Waals surface area contributed by atoms with Gasteiger partial charge in [-0.1, -0.05) is 61.7 Å². The Hall–Kier alpha value is -1.64. The van der Waals surface area contributed by atoms with Gasteiger partial charge in [0.2, 0.25) is 0 Å². The summed E-state index contributed by atoms with van der Waals surface area (Å²) in [5, 5.41) is 10.2. The van der Waals surface area contributed by atoms with Crippen LogP contribution >= 0.6 is 0 Å². The summed E-state index contributed by atoms with van der Waals surface area (Å²) in [6.45, 7) is 7.18. The lowest BCUT2D eigenvalue weighted by molar-refractivity contribution is 0.0877. The van der Waals surface area contributed by atoms with E-state index in [2.05, 4.69) is 13.2 Å². The van der Waals surface area contributed by atoms with Crippen LogP contribution in [-0.4, -0.2) is 5.11 Å². The summed E-state index contributed by atoms with van der Waals surface area (Å²) in [6.07, 6.45) is 4.73. The Balaban J connectivity index is 3.17. The number of nitrogens with two attached hydrogens (primary N) is 1. The molecule has 0 saturated heterocycles. The zero-order valence-electron chi connectivity index (χ0n) is 8.56. The minimum absolute atomic E-state index is 0.517. The summed E-state index contributed by atoms with van der Waals surface area (Å²) >= 11 is 0. The maximum Gasteiger partial charge on any atom is 0.166 e. The number of hydrogen-bond donors (Lipinski definition) is 2. The highest BCUT2D eigenvalue weighted by Crippen LogP contribution is 2.24. The molecule has 0 aliphatic carbocycles. The fourth-order valence-electron chi connectivity index (χ4n) is 1.34. The van der Waals surface area contributed by atoms with E-state index < -0.39 is 5.72 Å². The van der Waals surface area contributed by atoms with Crippen LogP contribution in [0.1, 0.15) is 5.56 Å². The van der Waals surface area contributed by atoms with Gasteiger partial charge in [0, 0.05) is 11.1 Å². The Morgan fingerprint density at radius 3 is 2.33 bits per heavy atom. The molecule has 3 N–H and O–H groups in total. The van der Waals surface area contributed by atoms with Gasteiger partial charge in [0.25, 0.3) is 0 Å². The van der Waals surface area contributed by atoms with Gasteiger partial charge in [0.15, 0.2) is 5.72 Å². The molecule has 1 unspecified atom stereocenters. The second-order valence-electron chi connectivity index (χ2n) is 3.19. The average molecular weight is 201 g/mol. The highest BCUT2D eigenvalue weighted by Gasteiger charge is 2.26. The van der Waals surface area contributed by atoms with Crippen molar-refractivity contribution >= 4 is 0 Å². The van der Waals surface area contributed by atoms with Crippen molar-refractivity contribution in [3.05, 3.63) is 72.9 Å². The van der Waals surface area contributed by atoms with Crippen molar-refractivity contribution in [2.24, 2.45) is 5.73 Å². The molecule has 1 atom stereocenters. The van der Waals surface area contributed by atoms with E-state index in [9.17, 15) is 5.11 Å². The molecule has 0 spiro atoms. The first-order valence-electron chi connectivity index (χ1n) is 4.65. The molecule has 2 heteroatoms. The molecule has 78 valence electrons. The van der Waals surface area contributed by atoms with E-state index in [0.29, 0.717) is 11.1 Å². The molecule has 0 radical (unpaired) electrons. The van der Waals surface area contributed by atoms with Crippen LogP contribution in [0, 0.1) is 0 Å². The number of rotatable bonds is 4. The minimum atomic E-state index is -1.52. The van der Waals surface area contributed by atoms with E-state index >= 15 is 0 Å². The van der Waals surface area contributed by atoms with Crippen LogP contribution in [0.5, 0.6) is 0 Å². The van der Waals surface area contributed by atoms with Gasteiger partial charge >= 0.3 is 0 Å². The number of allylic oxidation sites excluding steroid dienone is 2. The molecular formula is C13H15NO. The van der Waals surface area contributed by atoms with E-state index in [1.807, 2.05) is 18.2 Å². The predicted molar refractivity (Wildman–Crippen MR) is 63.0 cm³/mol. The van der Waals surface area contributed by atoms with Crippen molar-refractivity contribution in [1.82, 2.24) is 0 Å². The largest absolute Gasteiger partial charge is 0.368 e. The van der Waals surface area contributed by atoms with Crippen LogP contribution in [0.2, 0.25) is 0 Å². The smallest absolute Gasteiger partial charge is 0.166 e. The molecule has 0 bridgehead atoms. The molecule has 1 aromatic carbocycles. The molecule has 0 amide bonds. The van der Waals surface area contributed by atoms with Gasteiger partial charge in [-0.25, -0.2) is 0 Å². The van der Waals surface area contributed by atoms with E-state index in [-0.39, 0.29) is 0 Å². The molecule has 1 aromatic rings. The van der Waals surface area contributed by atoms with Gasteiger partial charge in [-0.2, -0.15) is 0 Å². The Morgan fingerprint density at radius 2 is 1.87 bits per heavy atom. The summed E-state index contributed by atoms with van der Waals surface area (Å²) < 4.78 is 0. The Morgan fingerprint density at radius 1 is 1.27 bits per heavy atom. The van der Waals surface area contributed by atoms with E-state index in [1.54, 1.807) is 24.3 Å². The summed E-state index contributed by atoms with van der Waals surface area (Å²) in [4.78, 5) is 0. The number of aliphatic hydroxyl groups is 1. The molecule has 0 aliphatic heterocycles. The van der Waals surface area contributed by atoms with Crippen LogP contribution in [0.3, 0.4) is 0 Å². The first kappa shape index (κ1) is 11.4. The van der Waals surface area contributed by atoms with Crippen molar-refractivity contribution in [1.29, 1.82) is 0 Å². The molecule has 0 aliphatic rings. The summed E-state index contributed by atoms with van der Waals surface area (Å²) in [6, 6.07) is 9.04. The lowest BCUT2D eigenvalue weighted by Crippen LogP contribution is -2.37. The van der Waals surface area contributed by atoms with Crippen LogP contribution in [0.15, 0.2) is 67.3 Å². The van der Waals surface area contributed by atoms with E-state index in [4.69, 9.17) is 5.73 Å². The van der Waals surface area contributed by atoms with Crippen LogP contribution in [0.4, 0.5) is 0 Å². The fraction of sp³-hybridized carbons (Fsp3) is 0.0769. The highest BCUT2D eigenvalue weighted by atomic mass is 16.3. The normalized spacial score (nSPS) is 15.5. The first-order chi connectivity index (χ1) is 7.12. The Labute approximate surface area is 90.1 Å². The van der Waals surface area contributed by atoms with Gasteiger partial charge in [0.1, 0.15) is 0 Å². The maximum atomic E-state index is 10.2. The Kier molecular flexibility index (Phi) is 3.61. The molecule has 0 saturated carbocycles. The van der Waals surface area contributed by atoms with Crippen molar-refractivity contribution < 1.29 is 5.11 Å². The summed E-state index contributed by atoms with van der Waals surface area (Å²) in [5.41, 5.74) is 5.47. The standard InChI is InChI=1S/C13H15NO/c1-3-8-11(4-2)13(14,15)12-9-6-5-7-10-12/h3-10,15H,1-2,14H2/b11-8+. The summed E-state index contributed by atoms with van der Waals surface area (Å²) in [7, 11) is 0. The minimum Gasteiger partial charge on any atom is -0.368 e. The van der Waals surface area contributed by atoms with Crippen molar-refractivity contribution in [2.45, 2.75) is 5.72 Å². The topological polar surface area (TPSA) is 46.2 Å². The molecule has 2 nitrogen and oxygen atoms in total. The van der Waals surface area contributed by atoms with Gasteiger partial charge in [0.05, 0.1) is 0 Å². The first-order valence-corrected chi connectivity index (χ1v) is 4.65. The molecular weight excluding hydrogens is 186 g/mol. The third kappa shape index (κ3) is 2.43. The van der Waals surface area contributed by atoms with Crippen molar-refractivity contribution in [3.8, 4) is 0 Å². The summed E-state index contributed by atoms with van der Waals surface area (Å²) in [5.74, 6) is 0. The molecule has 0 heterocycles. The van der Waals surface area contributed by atoms with Gasteiger partial charge in [-0.15, -0.1) is 0 Å². The van der Waals surface area contributed by atoms with Crippen molar-refractivity contribution in [3.63, 3.8) is 0 Å². The SMILES string of the molecule is C=C/C=C(\C=C)C(N)(O)c1ccccc1. The highest BCUT2D eigenvalue weighted by molar-refractivity contribution is 5.37. The maximum absolute atomic E-state index is 10.2. The third-order valence-corrected chi connectivity index (χ3v) is 2.17. The van der Waals surface area contributed by atoms with Crippen LogP contribution < -0.4 is 5.73 Å². The number of benzene rings is 1. The second kappa shape index (κ2) is 4.73.